The second kappa shape index (κ2) is 4.91. The van der Waals surface area contributed by atoms with E-state index in [0.717, 1.165) is 0 Å². The summed E-state index contributed by atoms with van der Waals surface area (Å²) in [6, 6.07) is 2.65. The quantitative estimate of drug-likeness (QED) is 0.323. The molecule has 1 rings (SSSR count). The Bertz CT molecular complexity index is 380. The van der Waals surface area contributed by atoms with Gasteiger partial charge in [0.05, 0.1) is 4.92 Å². The lowest BCUT2D eigenvalue weighted by Gasteiger charge is -2.04. The van der Waals surface area contributed by atoms with E-state index in [1.54, 1.807) is 0 Å². The van der Waals surface area contributed by atoms with E-state index < -0.39 is 4.92 Å². The third-order valence-electron chi connectivity index (χ3n) is 1.52. The van der Waals surface area contributed by atoms with Gasteiger partial charge in [-0.05, 0) is 6.07 Å². The van der Waals surface area contributed by atoms with Crippen molar-refractivity contribution in [3.05, 3.63) is 34.9 Å². The summed E-state index contributed by atoms with van der Waals surface area (Å²) in [5.41, 5.74) is 2.06. The Labute approximate surface area is 85.7 Å². The summed E-state index contributed by atoms with van der Waals surface area (Å²) in [7, 11) is 0. The van der Waals surface area contributed by atoms with Crippen LogP contribution in [0.4, 0.5) is 11.5 Å². The minimum absolute atomic E-state index is 0.0876. The van der Waals surface area contributed by atoms with Crippen LogP contribution in [0.1, 0.15) is 0 Å². The highest BCUT2D eigenvalue weighted by Crippen LogP contribution is 2.25. The summed E-state index contributed by atoms with van der Waals surface area (Å²) >= 11 is 0. The minimum atomic E-state index is -0.578. The van der Waals surface area contributed by atoms with E-state index in [2.05, 4.69) is 17.0 Å². The highest BCUT2D eigenvalue weighted by atomic mass is 16.6. The zero-order valence-electron chi connectivity index (χ0n) is 7.84. The van der Waals surface area contributed by atoms with E-state index in [0.29, 0.717) is 5.82 Å². The molecule has 3 N–H and O–H groups in total. The first-order valence-electron chi connectivity index (χ1n) is 4.04. The summed E-state index contributed by atoms with van der Waals surface area (Å²) in [5, 5.41) is 10.6. The molecule has 0 aliphatic rings. The van der Waals surface area contributed by atoms with Gasteiger partial charge in [0, 0.05) is 6.07 Å². The zero-order valence-corrected chi connectivity index (χ0v) is 7.84. The van der Waals surface area contributed by atoms with Crippen LogP contribution >= 0.6 is 0 Å². The molecule has 0 radical (unpaired) electrons. The molecule has 0 saturated carbocycles. The fraction of sp³-hybridized carbons (Fsp3) is 0.125. The predicted octanol–water partition coefficient (Wildman–Crippen LogP) is 0.840. The van der Waals surface area contributed by atoms with Crippen molar-refractivity contribution in [1.29, 1.82) is 0 Å². The fourth-order valence-corrected chi connectivity index (χ4v) is 0.897. The van der Waals surface area contributed by atoms with Crippen LogP contribution in [-0.2, 0) is 0 Å². The number of nitrogens with zero attached hydrogens (tertiary/aromatic N) is 2. The summed E-state index contributed by atoms with van der Waals surface area (Å²) < 4.78 is 5.02. The molecule has 80 valence electrons. The standard InChI is InChI=1S/C8H10N4O3/c1-2-5-15-8-6(12(13)14)3-4-7(10-8)11-9/h2-4H,1,5,9H2,(H,10,11). The minimum Gasteiger partial charge on any atom is -0.469 e. The van der Waals surface area contributed by atoms with Gasteiger partial charge in [-0.3, -0.25) is 10.1 Å². The lowest BCUT2D eigenvalue weighted by atomic mass is 10.4. The number of hydrogen-bond acceptors (Lipinski definition) is 6. The van der Waals surface area contributed by atoms with Crippen LogP contribution in [0.2, 0.25) is 0 Å². The van der Waals surface area contributed by atoms with Crippen LogP contribution in [0.25, 0.3) is 0 Å². The van der Waals surface area contributed by atoms with Crippen molar-refractivity contribution in [2.24, 2.45) is 5.84 Å². The first-order valence-corrected chi connectivity index (χ1v) is 4.04. The van der Waals surface area contributed by atoms with Gasteiger partial charge in [-0.2, -0.15) is 4.98 Å². The molecule has 0 saturated heterocycles. The van der Waals surface area contributed by atoms with Crippen molar-refractivity contribution >= 4 is 11.5 Å². The number of pyridine rings is 1. The van der Waals surface area contributed by atoms with Crippen molar-refractivity contribution in [3.8, 4) is 5.88 Å². The number of nitrogens with two attached hydrogens (primary N) is 1. The third-order valence-corrected chi connectivity index (χ3v) is 1.52. The third kappa shape index (κ3) is 2.64. The van der Waals surface area contributed by atoms with Gasteiger partial charge in [-0.15, -0.1) is 0 Å². The van der Waals surface area contributed by atoms with Gasteiger partial charge in [0.1, 0.15) is 12.4 Å². The van der Waals surface area contributed by atoms with Gasteiger partial charge in [0.25, 0.3) is 5.88 Å². The van der Waals surface area contributed by atoms with Gasteiger partial charge < -0.3 is 10.2 Å². The molecule has 15 heavy (non-hydrogen) atoms. The maximum Gasteiger partial charge on any atom is 0.331 e. The molecule has 0 spiro atoms. The molecule has 0 fully saturated rings. The second-order valence-electron chi connectivity index (χ2n) is 2.52. The Morgan fingerprint density at radius 1 is 1.73 bits per heavy atom. The monoisotopic (exact) mass is 210 g/mol. The maximum atomic E-state index is 10.6. The first-order chi connectivity index (χ1) is 7.19. The van der Waals surface area contributed by atoms with E-state index in [1.165, 1.54) is 18.2 Å². The number of hydrazine groups is 1. The molecule has 0 aliphatic carbocycles. The lowest BCUT2D eigenvalue weighted by Crippen LogP contribution is -2.10. The molecule has 1 heterocycles. The molecular formula is C8H10N4O3. The number of rotatable bonds is 5. The molecule has 1 aromatic heterocycles. The Hall–Kier alpha value is -2.15. The number of aromatic nitrogens is 1. The van der Waals surface area contributed by atoms with Crippen LogP contribution in [0.5, 0.6) is 5.88 Å². The van der Waals surface area contributed by atoms with E-state index in [-0.39, 0.29) is 18.2 Å². The highest BCUT2D eigenvalue weighted by molar-refractivity contribution is 5.48. The van der Waals surface area contributed by atoms with Gasteiger partial charge in [0.2, 0.25) is 0 Å². The predicted molar refractivity (Wildman–Crippen MR) is 54.4 cm³/mol. The van der Waals surface area contributed by atoms with Crippen LogP contribution < -0.4 is 16.0 Å². The van der Waals surface area contributed by atoms with Crippen molar-refractivity contribution in [3.63, 3.8) is 0 Å². The van der Waals surface area contributed by atoms with E-state index in [9.17, 15) is 10.1 Å². The molecule has 7 heteroatoms. The summed E-state index contributed by atoms with van der Waals surface area (Å²) in [6.45, 7) is 3.57. The molecular weight excluding hydrogens is 200 g/mol. The van der Waals surface area contributed by atoms with Crippen molar-refractivity contribution in [2.75, 3.05) is 12.0 Å². The summed E-state index contributed by atoms with van der Waals surface area (Å²) in [6.07, 6.45) is 1.47. The number of ether oxygens (including phenoxy) is 1. The van der Waals surface area contributed by atoms with Crippen molar-refractivity contribution < 1.29 is 9.66 Å². The fourth-order valence-electron chi connectivity index (χ4n) is 0.897. The van der Waals surface area contributed by atoms with Crippen LogP contribution in [0, 0.1) is 10.1 Å². The zero-order chi connectivity index (χ0) is 11.3. The Balaban J connectivity index is 3.04. The molecule has 0 atom stereocenters. The van der Waals surface area contributed by atoms with E-state index >= 15 is 0 Å². The Morgan fingerprint density at radius 2 is 2.47 bits per heavy atom. The molecule has 0 aliphatic heterocycles. The van der Waals surface area contributed by atoms with Crippen molar-refractivity contribution in [2.45, 2.75) is 0 Å². The first kappa shape index (κ1) is 10.9. The number of anilines is 1. The smallest absolute Gasteiger partial charge is 0.331 e. The van der Waals surface area contributed by atoms with Gasteiger partial charge in [-0.25, -0.2) is 5.84 Å². The summed E-state index contributed by atoms with van der Waals surface area (Å²) in [4.78, 5) is 13.8. The Morgan fingerprint density at radius 3 is 3.00 bits per heavy atom. The average Bonchev–Trinajstić information content (AvgIpc) is 2.25. The van der Waals surface area contributed by atoms with E-state index in [1.807, 2.05) is 0 Å². The molecule has 0 amide bonds. The van der Waals surface area contributed by atoms with E-state index in [4.69, 9.17) is 10.6 Å². The van der Waals surface area contributed by atoms with Gasteiger partial charge in [0.15, 0.2) is 0 Å². The number of hydrogen-bond donors (Lipinski definition) is 2. The summed E-state index contributed by atoms with van der Waals surface area (Å²) in [5.74, 6) is 5.32. The molecule has 7 nitrogen and oxygen atoms in total. The normalized spacial score (nSPS) is 9.40. The van der Waals surface area contributed by atoms with Crippen molar-refractivity contribution in [1.82, 2.24) is 4.98 Å². The maximum absolute atomic E-state index is 10.6. The lowest BCUT2D eigenvalue weighted by molar-refractivity contribution is -0.386. The average molecular weight is 210 g/mol. The van der Waals surface area contributed by atoms with Crippen LogP contribution in [-0.4, -0.2) is 16.5 Å². The van der Waals surface area contributed by atoms with Gasteiger partial charge >= 0.3 is 5.69 Å². The molecule has 0 unspecified atom stereocenters. The molecule has 0 bridgehead atoms. The second-order valence-corrected chi connectivity index (χ2v) is 2.52. The van der Waals surface area contributed by atoms with Crippen LogP contribution in [0.3, 0.4) is 0 Å². The number of nitrogen functional groups attached to an aromatic ring is 1. The SMILES string of the molecule is C=CCOc1nc(NN)ccc1[N+](=O)[O-]. The highest BCUT2D eigenvalue weighted by Gasteiger charge is 2.16. The van der Waals surface area contributed by atoms with Gasteiger partial charge in [-0.1, -0.05) is 12.7 Å². The van der Waals surface area contributed by atoms with Crippen LogP contribution in [0.15, 0.2) is 24.8 Å². The largest absolute Gasteiger partial charge is 0.469 e. The molecule has 1 aromatic rings. The number of nitrogens with one attached hydrogen (secondary N) is 1. The Kier molecular flexibility index (Phi) is 3.58. The molecule has 0 aromatic carbocycles. The topological polar surface area (TPSA) is 103 Å². The number of nitro groups is 1.